The number of carbonyl (C=O) groups is 1. The molecule has 0 aromatic heterocycles. The number of carbonyl (C=O) groups excluding carboxylic acids is 1. The number of rotatable bonds is 3. The summed E-state index contributed by atoms with van der Waals surface area (Å²) in [5.41, 5.74) is 1.48. The molecule has 0 saturated heterocycles. The van der Waals surface area contributed by atoms with Gasteiger partial charge in [0.05, 0.1) is 4.92 Å². The Balaban J connectivity index is 3.05. The van der Waals surface area contributed by atoms with Gasteiger partial charge in [0.15, 0.2) is 0 Å². The van der Waals surface area contributed by atoms with Gasteiger partial charge in [0.2, 0.25) is 0 Å². The molecule has 0 saturated carbocycles. The van der Waals surface area contributed by atoms with Gasteiger partial charge in [0.25, 0.3) is 5.69 Å². The fourth-order valence-electron chi connectivity index (χ4n) is 1.15. The fraction of sp³-hybridized carbons (Fsp3) is 0.222. The van der Waals surface area contributed by atoms with E-state index in [4.69, 9.17) is 0 Å². The summed E-state index contributed by atoms with van der Waals surface area (Å²) in [5.74, 6) is 0. The van der Waals surface area contributed by atoms with Crippen molar-refractivity contribution < 1.29 is 9.72 Å². The summed E-state index contributed by atoms with van der Waals surface area (Å²) in [5, 5.41) is 10.4. The third-order valence-electron chi connectivity index (χ3n) is 1.78. The van der Waals surface area contributed by atoms with Crippen molar-refractivity contribution in [1.82, 2.24) is 0 Å². The number of aldehydes is 1. The molecule has 4 nitrogen and oxygen atoms in total. The molecule has 0 aliphatic rings. The number of benzene rings is 1. The third kappa shape index (κ3) is 2.11. The Kier molecular flexibility index (Phi) is 2.74. The largest absolute Gasteiger partial charge is 0.303 e. The third-order valence-corrected chi connectivity index (χ3v) is 1.78. The second-order valence-corrected chi connectivity index (χ2v) is 2.75. The zero-order chi connectivity index (χ0) is 9.84. The monoisotopic (exact) mass is 179 g/mol. The van der Waals surface area contributed by atoms with Gasteiger partial charge in [-0.15, -0.1) is 0 Å². The lowest BCUT2D eigenvalue weighted by atomic mass is 10.1. The maximum atomic E-state index is 10.4. The average molecular weight is 179 g/mol. The lowest BCUT2D eigenvalue weighted by Gasteiger charge is -1.98. The molecular formula is C9H9NO3. The molecule has 0 N–H and O–H groups in total. The highest BCUT2D eigenvalue weighted by molar-refractivity contribution is 5.56. The van der Waals surface area contributed by atoms with E-state index >= 15 is 0 Å². The number of aryl methyl sites for hydroxylation is 1. The van der Waals surface area contributed by atoms with Crippen molar-refractivity contribution in [2.45, 2.75) is 13.3 Å². The SMILES string of the molecule is Cc1cc(CC=O)ccc1[N+](=O)[O-]. The predicted molar refractivity (Wildman–Crippen MR) is 47.6 cm³/mol. The second-order valence-electron chi connectivity index (χ2n) is 2.75. The topological polar surface area (TPSA) is 60.2 Å². The Bertz CT molecular complexity index is 347. The molecular weight excluding hydrogens is 170 g/mol. The first-order valence-corrected chi connectivity index (χ1v) is 3.82. The van der Waals surface area contributed by atoms with E-state index in [1.165, 1.54) is 6.07 Å². The minimum atomic E-state index is -0.431. The quantitative estimate of drug-likeness (QED) is 0.402. The Labute approximate surface area is 75.3 Å². The summed E-state index contributed by atoms with van der Waals surface area (Å²) in [4.78, 5) is 20.2. The normalized spacial score (nSPS) is 9.62. The van der Waals surface area contributed by atoms with Crippen LogP contribution in [0.15, 0.2) is 18.2 Å². The van der Waals surface area contributed by atoms with Crippen molar-refractivity contribution in [3.63, 3.8) is 0 Å². The number of nitrogens with zero attached hydrogens (tertiary/aromatic N) is 1. The lowest BCUT2D eigenvalue weighted by Crippen LogP contribution is -1.93. The Morgan fingerprint density at radius 1 is 1.54 bits per heavy atom. The fourth-order valence-corrected chi connectivity index (χ4v) is 1.15. The van der Waals surface area contributed by atoms with E-state index in [0.717, 1.165) is 11.8 Å². The summed E-state index contributed by atoms with van der Waals surface area (Å²) >= 11 is 0. The maximum Gasteiger partial charge on any atom is 0.272 e. The van der Waals surface area contributed by atoms with Gasteiger partial charge in [-0.3, -0.25) is 10.1 Å². The van der Waals surface area contributed by atoms with Gasteiger partial charge < -0.3 is 4.79 Å². The molecule has 4 heteroatoms. The molecule has 13 heavy (non-hydrogen) atoms. The molecule has 0 atom stereocenters. The van der Waals surface area contributed by atoms with Crippen molar-refractivity contribution in [3.05, 3.63) is 39.4 Å². The molecule has 0 fully saturated rings. The highest BCUT2D eigenvalue weighted by atomic mass is 16.6. The van der Waals surface area contributed by atoms with Crippen molar-refractivity contribution in [2.24, 2.45) is 0 Å². The van der Waals surface area contributed by atoms with Crippen LogP contribution in [0.2, 0.25) is 0 Å². The molecule has 1 aromatic carbocycles. The van der Waals surface area contributed by atoms with Gasteiger partial charge in [-0.25, -0.2) is 0 Å². The van der Waals surface area contributed by atoms with Crippen molar-refractivity contribution >= 4 is 12.0 Å². The van der Waals surface area contributed by atoms with Crippen LogP contribution in [0.4, 0.5) is 5.69 Å². The minimum Gasteiger partial charge on any atom is -0.303 e. The van der Waals surface area contributed by atoms with E-state index in [2.05, 4.69) is 0 Å². The van der Waals surface area contributed by atoms with E-state index in [1.807, 2.05) is 0 Å². The van der Waals surface area contributed by atoms with E-state index in [1.54, 1.807) is 19.1 Å². The van der Waals surface area contributed by atoms with Gasteiger partial charge in [-0.05, 0) is 18.6 Å². The molecule has 0 radical (unpaired) electrons. The van der Waals surface area contributed by atoms with Crippen molar-refractivity contribution in [1.29, 1.82) is 0 Å². The Morgan fingerprint density at radius 3 is 2.69 bits per heavy atom. The molecule has 68 valence electrons. The molecule has 0 bridgehead atoms. The van der Waals surface area contributed by atoms with Gasteiger partial charge in [-0.2, -0.15) is 0 Å². The first-order chi connectivity index (χ1) is 6.15. The van der Waals surface area contributed by atoms with Crippen LogP contribution in [-0.2, 0) is 11.2 Å². The molecule has 0 unspecified atom stereocenters. The lowest BCUT2D eigenvalue weighted by molar-refractivity contribution is -0.385. The molecule has 0 aliphatic heterocycles. The van der Waals surface area contributed by atoms with Crippen LogP contribution in [0.3, 0.4) is 0 Å². The number of hydrogen-bond donors (Lipinski definition) is 0. The molecule has 0 amide bonds. The predicted octanol–water partition coefficient (Wildman–Crippen LogP) is 1.64. The van der Waals surface area contributed by atoms with Crippen LogP contribution in [0, 0.1) is 17.0 Å². The van der Waals surface area contributed by atoms with Gasteiger partial charge >= 0.3 is 0 Å². The van der Waals surface area contributed by atoms with E-state index in [9.17, 15) is 14.9 Å². The van der Waals surface area contributed by atoms with Crippen LogP contribution < -0.4 is 0 Å². The van der Waals surface area contributed by atoms with Crippen molar-refractivity contribution in [3.8, 4) is 0 Å². The standard InChI is InChI=1S/C9H9NO3/c1-7-6-8(4-5-11)2-3-9(7)10(12)13/h2-3,5-6H,4H2,1H3. The highest BCUT2D eigenvalue weighted by Crippen LogP contribution is 2.18. The maximum absolute atomic E-state index is 10.4. The number of hydrogen-bond acceptors (Lipinski definition) is 3. The zero-order valence-electron chi connectivity index (χ0n) is 7.19. The van der Waals surface area contributed by atoms with E-state index in [0.29, 0.717) is 12.0 Å². The molecule has 1 rings (SSSR count). The van der Waals surface area contributed by atoms with Crippen molar-refractivity contribution in [2.75, 3.05) is 0 Å². The van der Waals surface area contributed by atoms with Gasteiger partial charge in [0, 0.05) is 18.1 Å². The van der Waals surface area contributed by atoms with Crippen LogP contribution >= 0.6 is 0 Å². The summed E-state index contributed by atoms with van der Waals surface area (Å²) in [6.07, 6.45) is 1.08. The minimum absolute atomic E-state index is 0.0923. The smallest absolute Gasteiger partial charge is 0.272 e. The highest BCUT2D eigenvalue weighted by Gasteiger charge is 2.09. The average Bonchev–Trinajstić information content (AvgIpc) is 2.04. The molecule has 0 aliphatic carbocycles. The van der Waals surface area contributed by atoms with E-state index < -0.39 is 4.92 Å². The summed E-state index contributed by atoms with van der Waals surface area (Å²) in [6, 6.07) is 4.68. The van der Waals surface area contributed by atoms with Crippen LogP contribution in [-0.4, -0.2) is 11.2 Å². The first kappa shape index (κ1) is 9.38. The molecule has 1 aromatic rings. The number of nitro groups is 1. The Hall–Kier alpha value is -1.71. The Morgan fingerprint density at radius 2 is 2.23 bits per heavy atom. The van der Waals surface area contributed by atoms with Crippen LogP contribution in [0.1, 0.15) is 11.1 Å². The second kappa shape index (κ2) is 3.80. The summed E-state index contributed by atoms with van der Waals surface area (Å²) < 4.78 is 0. The summed E-state index contributed by atoms with van der Waals surface area (Å²) in [6.45, 7) is 1.66. The van der Waals surface area contributed by atoms with Crippen LogP contribution in [0.25, 0.3) is 0 Å². The number of nitro benzene ring substituents is 1. The van der Waals surface area contributed by atoms with E-state index in [-0.39, 0.29) is 5.69 Å². The van der Waals surface area contributed by atoms with Gasteiger partial charge in [-0.1, -0.05) is 6.07 Å². The zero-order valence-corrected chi connectivity index (χ0v) is 7.19. The molecule has 0 heterocycles. The van der Waals surface area contributed by atoms with Crippen LogP contribution in [0.5, 0.6) is 0 Å². The van der Waals surface area contributed by atoms with Gasteiger partial charge in [0.1, 0.15) is 6.29 Å². The first-order valence-electron chi connectivity index (χ1n) is 3.82. The molecule has 0 spiro atoms. The summed E-state index contributed by atoms with van der Waals surface area (Å²) in [7, 11) is 0.